The fourth-order valence-electron chi connectivity index (χ4n) is 2.23. The lowest BCUT2D eigenvalue weighted by Gasteiger charge is -2.09. The Morgan fingerprint density at radius 3 is 3.00 bits per heavy atom. The van der Waals surface area contributed by atoms with Gasteiger partial charge in [-0.05, 0) is 18.9 Å². The number of nitrogens with one attached hydrogen (secondary N) is 1. The molecule has 2 aromatic rings. The molecule has 0 bridgehead atoms. The van der Waals surface area contributed by atoms with Crippen LogP contribution in [0.3, 0.4) is 0 Å². The normalized spacial score (nSPS) is 19.9. The molecule has 0 amide bonds. The molecule has 0 radical (unpaired) electrons. The second kappa shape index (κ2) is 6.76. The molecule has 1 aliphatic heterocycles. The van der Waals surface area contributed by atoms with E-state index in [0.717, 1.165) is 17.3 Å². The zero-order valence-corrected chi connectivity index (χ0v) is 12.8. The molecule has 1 fully saturated rings. The van der Waals surface area contributed by atoms with Gasteiger partial charge in [0.05, 0.1) is 6.54 Å². The summed E-state index contributed by atoms with van der Waals surface area (Å²) in [5.74, 6) is 2.39. The van der Waals surface area contributed by atoms with Gasteiger partial charge >= 0.3 is 0 Å². The highest BCUT2D eigenvalue weighted by molar-refractivity contribution is 8.14. The summed E-state index contributed by atoms with van der Waals surface area (Å²) in [5.41, 5.74) is 1.36. The van der Waals surface area contributed by atoms with Gasteiger partial charge in [0.1, 0.15) is 0 Å². The van der Waals surface area contributed by atoms with E-state index in [1.54, 1.807) is 11.8 Å². The van der Waals surface area contributed by atoms with Crippen LogP contribution < -0.4 is 5.32 Å². The summed E-state index contributed by atoms with van der Waals surface area (Å²) >= 11 is 1.78. The van der Waals surface area contributed by atoms with E-state index >= 15 is 0 Å². The molecule has 1 unspecified atom stereocenters. The van der Waals surface area contributed by atoms with E-state index in [1.807, 2.05) is 13.0 Å². The van der Waals surface area contributed by atoms with Crippen molar-refractivity contribution in [1.29, 1.82) is 0 Å². The van der Waals surface area contributed by atoms with Crippen molar-refractivity contribution in [3.8, 4) is 0 Å². The number of hydrogen-bond donors (Lipinski definition) is 1. The largest absolute Gasteiger partial charge is 0.361 e. The molecule has 1 aromatic heterocycles. The molecule has 1 atom stereocenters. The minimum Gasteiger partial charge on any atom is -0.361 e. The minimum absolute atomic E-state index is 0.460. The highest BCUT2D eigenvalue weighted by Gasteiger charge is 2.20. The van der Waals surface area contributed by atoms with E-state index < -0.39 is 0 Å². The molecular weight excluding hydrogens is 284 g/mol. The van der Waals surface area contributed by atoms with Crippen molar-refractivity contribution in [1.82, 2.24) is 15.5 Å². The van der Waals surface area contributed by atoms with Crippen LogP contribution in [0.5, 0.6) is 0 Å². The van der Waals surface area contributed by atoms with Crippen molar-refractivity contribution in [3.05, 3.63) is 47.6 Å². The quantitative estimate of drug-likeness (QED) is 0.917. The third-order valence-corrected chi connectivity index (χ3v) is 4.31. The van der Waals surface area contributed by atoms with Crippen LogP contribution in [0.1, 0.15) is 17.3 Å². The smallest absolute Gasteiger partial charge is 0.228 e. The van der Waals surface area contributed by atoms with Gasteiger partial charge in [0.2, 0.25) is 5.89 Å². The molecule has 0 aliphatic carbocycles. The van der Waals surface area contributed by atoms with Crippen LogP contribution in [0, 0.1) is 6.92 Å². The first-order valence-corrected chi connectivity index (χ1v) is 8.05. The van der Waals surface area contributed by atoms with E-state index in [1.165, 1.54) is 5.56 Å². The number of aliphatic imine (C=N–C) groups is 1. The van der Waals surface area contributed by atoms with Gasteiger partial charge in [-0.3, -0.25) is 4.99 Å². The summed E-state index contributed by atoms with van der Waals surface area (Å²) in [5, 5.41) is 8.27. The molecule has 0 spiro atoms. The van der Waals surface area contributed by atoms with Crippen molar-refractivity contribution in [2.75, 3.05) is 12.3 Å². The van der Waals surface area contributed by atoms with Gasteiger partial charge in [0.25, 0.3) is 0 Å². The fourth-order valence-corrected chi connectivity index (χ4v) is 3.22. The Bertz CT molecular complexity index is 611. The number of amidine groups is 1. The topological polar surface area (TPSA) is 63.3 Å². The molecule has 1 saturated heterocycles. The van der Waals surface area contributed by atoms with E-state index in [0.29, 0.717) is 30.7 Å². The summed E-state index contributed by atoms with van der Waals surface area (Å²) < 4.78 is 5.07. The zero-order chi connectivity index (χ0) is 14.5. The zero-order valence-electron chi connectivity index (χ0n) is 12.0. The highest BCUT2D eigenvalue weighted by atomic mass is 32.2. The molecular formula is C15H18N4OS. The Balaban J connectivity index is 1.46. The van der Waals surface area contributed by atoms with Gasteiger partial charge in [-0.2, -0.15) is 4.98 Å². The van der Waals surface area contributed by atoms with Crippen molar-refractivity contribution in [2.45, 2.75) is 25.8 Å². The van der Waals surface area contributed by atoms with E-state index in [4.69, 9.17) is 4.52 Å². The van der Waals surface area contributed by atoms with Crippen LogP contribution in [0.25, 0.3) is 0 Å². The first-order valence-electron chi connectivity index (χ1n) is 7.06. The monoisotopic (exact) mass is 302 g/mol. The Labute approximate surface area is 128 Å². The van der Waals surface area contributed by atoms with Crippen LogP contribution in [-0.2, 0) is 12.8 Å². The second-order valence-electron chi connectivity index (χ2n) is 5.01. The predicted molar refractivity (Wildman–Crippen MR) is 84.6 cm³/mol. The van der Waals surface area contributed by atoms with Crippen molar-refractivity contribution in [3.63, 3.8) is 0 Å². The standard InChI is InChI=1S/C15H18N4OS/c1-11-17-14(20-19-11)7-8-16-15-18-13(10-21-15)9-12-5-3-2-4-6-12/h2-6,13H,7-10H2,1H3,(H,16,18). The Morgan fingerprint density at radius 2 is 2.24 bits per heavy atom. The molecule has 5 nitrogen and oxygen atoms in total. The van der Waals surface area contributed by atoms with Crippen molar-refractivity contribution in [2.24, 2.45) is 4.99 Å². The first kappa shape index (κ1) is 14.1. The number of hydrogen-bond acceptors (Lipinski definition) is 5. The summed E-state index contributed by atoms with van der Waals surface area (Å²) in [6, 6.07) is 11.0. The third-order valence-electron chi connectivity index (χ3n) is 3.22. The highest BCUT2D eigenvalue weighted by Crippen LogP contribution is 2.17. The summed E-state index contributed by atoms with van der Waals surface area (Å²) in [6.07, 6.45) is 1.73. The molecule has 2 heterocycles. The number of thioether (sulfide) groups is 1. The van der Waals surface area contributed by atoms with E-state index in [9.17, 15) is 0 Å². The minimum atomic E-state index is 0.460. The van der Waals surface area contributed by atoms with Crippen molar-refractivity contribution < 1.29 is 4.52 Å². The van der Waals surface area contributed by atoms with Gasteiger partial charge in [-0.1, -0.05) is 47.3 Å². The number of benzene rings is 1. The number of aromatic nitrogens is 2. The molecule has 1 aromatic carbocycles. The van der Waals surface area contributed by atoms with Gasteiger partial charge in [0, 0.05) is 18.2 Å². The SMILES string of the molecule is Cc1noc(CCN=C2NC(Cc3ccccc3)CS2)n1. The summed E-state index contributed by atoms with van der Waals surface area (Å²) in [6.45, 7) is 2.50. The molecule has 3 rings (SSSR count). The third kappa shape index (κ3) is 4.07. The molecule has 21 heavy (non-hydrogen) atoms. The maximum Gasteiger partial charge on any atom is 0.228 e. The predicted octanol–water partition coefficient (Wildman–Crippen LogP) is 2.22. The fraction of sp³-hybridized carbons (Fsp3) is 0.400. The van der Waals surface area contributed by atoms with Crippen LogP contribution >= 0.6 is 11.8 Å². The number of rotatable bonds is 5. The second-order valence-corrected chi connectivity index (χ2v) is 6.02. The number of nitrogens with zero attached hydrogens (tertiary/aromatic N) is 3. The van der Waals surface area contributed by atoms with E-state index in [2.05, 4.69) is 44.7 Å². The summed E-state index contributed by atoms with van der Waals surface area (Å²) in [4.78, 5) is 8.73. The van der Waals surface area contributed by atoms with Crippen LogP contribution in [0.2, 0.25) is 0 Å². The van der Waals surface area contributed by atoms with Crippen LogP contribution in [-0.4, -0.2) is 33.6 Å². The maximum absolute atomic E-state index is 5.07. The van der Waals surface area contributed by atoms with Gasteiger partial charge in [-0.15, -0.1) is 0 Å². The van der Waals surface area contributed by atoms with Crippen LogP contribution in [0.15, 0.2) is 39.8 Å². The van der Waals surface area contributed by atoms with Gasteiger partial charge in [0.15, 0.2) is 11.0 Å². The average molecular weight is 302 g/mol. The lowest BCUT2D eigenvalue weighted by Crippen LogP contribution is -2.29. The molecule has 1 N–H and O–H groups in total. The van der Waals surface area contributed by atoms with Gasteiger partial charge < -0.3 is 9.84 Å². The summed E-state index contributed by atoms with van der Waals surface area (Å²) in [7, 11) is 0. The Kier molecular flexibility index (Phi) is 4.55. The molecule has 1 aliphatic rings. The Hall–Kier alpha value is -1.82. The lowest BCUT2D eigenvalue weighted by atomic mass is 10.1. The average Bonchev–Trinajstić information content (AvgIpc) is 3.10. The first-order chi connectivity index (χ1) is 10.3. The lowest BCUT2D eigenvalue weighted by molar-refractivity contribution is 0.376. The van der Waals surface area contributed by atoms with E-state index in [-0.39, 0.29) is 0 Å². The van der Waals surface area contributed by atoms with Gasteiger partial charge in [-0.25, -0.2) is 0 Å². The molecule has 6 heteroatoms. The molecule has 0 saturated carbocycles. The van der Waals surface area contributed by atoms with Crippen LogP contribution in [0.4, 0.5) is 0 Å². The number of aryl methyl sites for hydroxylation is 1. The Morgan fingerprint density at radius 1 is 1.38 bits per heavy atom. The maximum atomic E-state index is 5.07. The molecule has 110 valence electrons. The van der Waals surface area contributed by atoms with Crippen molar-refractivity contribution >= 4 is 16.9 Å².